The van der Waals surface area contributed by atoms with Crippen LogP contribution in [0.2, 0.25) is 0 Å². The molecule has 0 saturated heterocycles. The Morgan fingerprint density at radius 3 is 1.95 bits per heavy atom. The molecule has 2 aliphatic carbocycles. The Balaban J connectivity index is 1.06. The van der Waals surface area contributed by atoms with Crippen molar-refractivity contribution in [3.8, 4) is 22.3 Å². The fourth-order valence-corrected chi connectivity index (χ4v) is 10.7. The third-order valence-corrected chi connectivity index (χ3v) is 13.4. The van der Waals surface area contributed by atoms with E-state index in [2.05, 4.69) is 218 Å². The zero-order valence-electron chi connectivity index (χ0n) is 32.4. The molecule has 0 fully saturated rings. The Bertz CT molecular complexity index is 3060. The lowest BCUT2D eigenvalue weighted by Gasteiger charge is -2.36. The van der Waals surface area contributed by atoms with Gasteiger partial charge in [0, 0.05) is 37.2 Å². The van der Waals surface area contributed by atoms with Crippen molar-refractivity contribution >= 4 is 54.1 Å². The third kappa shape index (κ3) is 5.59. The molecule has 1 nitrogen and oxygen atoms in total. The van der Waals surface area contributed by atoms with Crippen LogP contribution in [0, 0.1) is 6.92 Å². The summed E-state index contributed by atoms with van der Waals surface area (Å²) in [6, 6.07) is 72.1. The van der Waals surface area contributed by atoms with E-state index in [0.717, 1.165) is 29.9 Å². The van der Waals surface area contributed by atoms with Crippen molar-refractivity contribution in [3.63, 3.8) is 0 Å². The van der Waals surface area contributed by atoms with E-state index >= 15 is 0 Å². The summed E-state index contributed by atoms with van der Waals surface area (Å²) < 4.78 is 2.62. The number of aryl methyl sites for hydroxylation is 1. The smallest absolute Gasteiger partial charge is 0.0710 e. The van der Waals surface area contributed by atoms with Crippen molar-refractivity contribution in [1.29, 1.82) is 0 Å². The molecule has 1 unspecified atom stereocenters. The average molecular weight is 760 g/mol. The first-order chi connectivity index (χ1) is 28.6. The number of anilines is 3. The molecule has 0 amide bonds. The Morgan fingerprint density at radius 2 is 1.14 bits per heavy atom. The summed E-state index contributed by atoms with van der Waals surface area (Å²) in [5.74, 6) is 0. The maximum absolute atomic E-state index is 2.42. The Hall–Kier alpha value is -6.74. The molecule has 9 aromatic rings. The number of hydrogen-bond acceptors (Lipinski definition) is 2. The van der Waals surface area contributed by atoms with Gasteiger partial charge in [0.25, 0.3) is 0 Å². The minimum Gasteiger partial charge on any atom is -0.310 e. The van der Waals surface area contributed by atoms with Crippen LogP contribution in [0.15, 0.2) is 212 Å². The summed E-state index contributed by atoms with van der Waals surface area (Å²) in [4.78, 5) is 2.42. The van der Waals surface area contributed by atoms with Crippen LogP contribution in [0.3, 0.4) is 0 Å². The molecule has 276 valence electrons. The van der Waals surface area contributed by atoms with E-state index in [0.29, 0.717) is 0 Å². The standard InChI is InChI=1S/C56H41NS/c1-38-13-11-18-44(35-38)56(52-22-8-5-19-48(52)49-20-6-9-23-53(49)56)43-27-31-46(32-28-43)57(47-33-34-55-51(37-47)50-21-7-10-24-54(50)58-55)45-29-25-40(26-30-45)42-17-12-16-41(36-42)39-14-3-2-4-15-39/h2-5,7-19,21-37H,6,20H2,1H3. The van der Waals surface area contributed by atoms with Gasteiger partial charge in [-0.25, -0.2) is 0 Å². The SMILES string of the molecule is Cc1cccc(C2(c3ccc(N(c4ccc(-c5cccc(-c6ccccc6)c5)cc4)c4ccc5sc6ccccc6c5c4)cc3)C3=C(CCC=C3)c3ccccc32)c1. The first-order valence-electron chi connectivity index (χ1n) is 20.3. The Labute approximate surface area is 344 Å². The van der Waals surface area contributed by atoms with E-state index in [9.17, 15) is 0 Å². The van der Waals surface area contributed by atoms with Gasteiger partial charge in [0.2, 0.25) is 0 Å². The van der Waals surface area contributed by atoms with Crippen LogP contribution >= 0.6 is 11.3 Å². The summed E-state index contributed by atoms with van der Waals surface area (Å²) in [5, 5.41) is 2.59. The molecule has 1 aromatic heterocycles. The number of thiophene rings is 1. The molecule has 2 aliphatic rings. The van der Waals surface area contributed by atoms with Crippen molar-refractivity contribution in [2.24, 2.45) is 0 Å². The van der Waals surface area contributed by atoms with E-state index in [-0.39, 0.29) is 0 Å². The summed E-state index contributed by atoms with van der Waals surface area (Å²) in [6.07, 6.45) is 6.93. The zero-order valence-corrected chi connectivity index (χ0v) is 33.2. The van der Waals surface area contributed by atoms with Crippen LogP contribution in [0.1, 0.15) is 40.7 Å². The lowest BCUT2D eigenvalue weighted by molar-refractivity contribution is 0.755. The number of rotatable bonds is 7. The lowest BCUT2D eigenvalue weighted by atomic mass is 9.66. The van der Waals surface area contributed by atoms with Gasteiger partial charge < -0.3 is 4.90 Å². The Kier molecular flexibility index (Phi) is 8.34. The van der Waals surface area contributed by atoms with Crippen LogP contribution in [0.4, 0.5) is 17.1 Å². The molecule has 1 heterocycles. The maximum Gasteiger partial charge on any atom is 0.0710 e. The maximum atomic E-state index is 2.42. The normalized spacial score (nSPS) is 15.8. The second-order valence-corrected chi connectivity index (χ2v) is 16.7. The first kappa shape index (κ1) is 34.5. The van der Waals surface area contributed by atoms with E-state index in [4.69, 9.17) is 0 Å². The third-order valence-electron chi connectivity index (χ3n) is 12.3. The van der Waals surface area contributed by atoms with Gasteiger partial charge in [0.05, 0.1) is 5.41 Å². The van der Waals surface area contributed by atoms with Gasteiger partial charge >= 0.3 is 0 Å². The van der Waals surface area contributed by atoms with Gasteiger partial charge in [-0.15, -0.1) is 11.3 Å². The van der Waals surface area contributed by atoms with Gasteiger partial charge in [-0.1, -0.05) is 157 Å². The van der Waals surface area contributed by atoms with Crippen LogP contribution in [0.25, 0.3) is 48.0 Å². The summed E-state index contributed by atoms with van der Waals surface area (Å²) in [5.41, 5.74) is 17.4. The highest BCUT2D eigenvalue weighted by Gasteiger charge is 2.47. The highest BCUT2D eigenvalue weighted by molar-refractivity contribution is 7.25. The van der Waals surface area contributed by atoms with Crippen molar-refractivity contribution < 1.29 is 0 Å². The quantitative estimate of drug-likeness (QED) is 0.156. The minimum atomic E-state index is -0.400. The van der Waals surface area contributed by atoms with Gasteiger partial charge in [-0.2, -0.15) is 0 Å². The predicted octanol–water partition coefficient (Wildman–Crippen LogP) is 15.6. The highest BCUT2D eigenvalue weighted by atomic mass is 32.1. The largest absolute Gasteiger partial charge is 0.310 e. The van der Waals surface area contributed by atoms with Crippen LogP contribution in [-0.2, 0) is 5.41 Å². The van der Waals surface area contributed by atoms with E-state index < -0.39 is 5.41 Å². The number of fused-ring (bicyclic) bond motifs is 5. The van der Waals surface area contributed by atoms with Crippen molar-refractivity contribution in [1.82, 2.24) is 0 Å². The molecule has 0 spiro atoms. The van der Waals surface area contributed by atoms with Crippen molar-refractivity contribution in [2.75, 3.05) is 4.90 Å². The molecule has 58 heavy (non-hydrogen) atoms. The predicted molar refractivity (Wildman–Crippen MR) is 248 cm³/mol. The first-order valence-corrected chi connectivity index (χ1v) is 21.1. The van der Waals surface area contributed by atoms with E-state index in [1.807, 2.05) is 11.3 Å². The monoisotopic (exact) mass is 759 g/mol. The fourth-order valence-electron chi connectivity index (χ4n) is 9.65. The molecule has 0 N–H and O–H groups in total. The topological polar surface area (TPSA) is 3.24 Å². The Morgan fingerprint density at radius 1 is 0.483 bits per heavy atom. The van der Waals surface area contributed by atoms with Gasteiger partial charge in [0.15, 0.2) is 0 Å². The number of nitrogens with zero attached hydrogens (tertiary/aromatic N) is 1. The number of benzene rings is 8. The molecule has 0 saturated carbocycles. The molecule has 0 bridgehead atoms. The second-order valence-electron chi connectivity index (χ2n) is 15.7. The fraction of sp³-hybridized carbons (Fsp3) is 0.0714. The molecule has 8 aromatic carbocycles. The van der Waals surface area contributed by atoms with Crippen molar-refractivity contribution in [2.45, 2.75) is 25.2 Å². The van der Waals surface area contributed by atoms with Gasteiger partial charge in [-0.05, 0) is 130 Å². The van der Waals surface area contributed by atoms with E-state index in [1.54, 1.807) is 0 Å². The van der Waals surface area contributed by atoms with Gasteiger partial charge in [-0.3, -0.25) is 0 Å². The summed E-state index contributed by atoms with van der Waals surface area (Å²) >= 11 is 1.86. The molecule has 1 atom stereocenters. The molecular formula is C56H41NS. The molecule has 11 rings (SSSR count). The zero-order chi connectivity index (χ0) is 38.6. The molecule has 0 aliphatic heterocycles. The number of hydrogen-bond donors (Lipinski definition) is 0. The summed E-state index contributed by atoms with van der Waals surface area (Å²) in [7, 11) is 0. The van der Waals surface area contributed by atoms with Crippen LogP contribution in [-0.4, -0.2) is 0 Å². The average Bonchev–Trinajstić information content (AvgIpc) is 3.81. The molecule has 2 heteroatoms. The number of allylic oxidation sites excluding steroid dienone is 4. The van der Waals surface area contributed by atoms with Gasteiger partial charge in [0.1, 0.15) is 0 Å². The van der Waals surface area contributed by atoms with Crippen molar-refractivity contribution in [3.05, 3.63) is 240 Å². The van der Waals surface area contributed by atoms with Crippen LogP contribution < -0.4 is 4.90 Å². The van der Waals surface area contributed by atoms with Crippen LogP contribution in [0.5, 0.6) is 0 Å². The second kappa shape index (κ2) is 14.0. The lowest BCUT2D eigenvalue weighted by Crippen LogP contribution is -2.29. The highest BCUT2D eigenvalue weighted by Crippen LogP contribution is 2.57. The van der Waals surface area contributed by atoms with E-state index in [1.165, 1.54) is 81.4 Å². The molecule has 0 radical (unpaired) electrons. The summed E-state index contributed by atoms with van der Waals surface area (Å²) in [6.45, 7) is 2.21. The minimum absolute atomic E-state index is 0.400. The molecular weight excluding hydrogens is 719 g/mol.